The van der Waals surface area contributed by atoms with Crippen molar-refractivity contribution in [3.63, 3.8) is 0 Å². The number of ether oxygens (including phenoxy) is 2. The van der Waals surface area contributed by atoms with Crippen LogP contribution in [0, 0.1) is 6.92 Å². The van der Waals surface area contributed by atoms with Crippen LogP contribution in [0.3, 0.4) is 0 Å². The number of oxime groups is 1. The molecule has 0 bridgehead atoms. The number of hydrogen-bond donors (Lipinski definition) is 1. The second-order valence-corrected chi connectivity index (χ2v) is 6.04. The van der Waals surface area contributed by atoms with E-state index in [-0.39, 0.29) is 4.49 Å². The topological polar surface area (TPSA) is 51.0 Å². The molecule has 1 aromatic rings. The summed E-state index contributed by atoms with van der Waals surface area (Å²) in [6, 6.07) is 3.93. The summed E-state index contributed by atoms with van der Waals surface area (Å²) in [5.41, 5.74) is 2.15. The number of benzene rings is 1. The predicted molar refractivity (Wildman–Crippen MR) is 95.5 cm³/mol. The number of hydrogen-bond acceptors (Lipinski definition) is 4. The highest BCUT2D eigenvalue weighted by atomic mass is 35.5. The van der Waals surface area contributed by atoms with Crippen LogP contribution in [0.25, 0.3) is 0 Å². The lowest BCUT2D eigenvalue weighted by Crippen LogP contribution is -2.03. The molecule has 1 N–H and O–H groups in total. The quantitative estimate of drug-likeness (QED) is 0.268. The van der Waals surface area contributed by atoms with Crippen molar-refractivity contribution in [3.8, 4) is 11.5 Å². The van der Waals surface area contributed by atoms with Gasteiger partial charge in [-0.1, -0.05) is 30.1 Å². The summed E-state index contributed by atoms with van der Waals surface area (Å²) in [4.78, 5) is 0. The van der Waals surface area contributed by atoms with Crippen LogP contribution in [0.5, 0.6) is 11.5 Å². The SMILES string of the molecule is CCc1cc(OCC=C(Cl)Cl)cc(C)c1OCCCCC=NO. The molecule has 0 spiro atoms. The maximum Gasteiger partial charge on any atom is 0.125 e. The van der Waals surface area contributed by atoms with Crippen molar-refractivity contribution < 1.29 is 14.7 Å². The molecule has 0 fully saturated rings. The number of halogens is 2. The van der Waals surface area contributed by atoms with Gasteiger partial charge in [-0.3, -0.25) is 0 Å². The molecule has 0 aliphatic heterocycles. The van der Waals surface area contributed by atoms with Crippen LogP contribution in [-0.4, -0.2) is 24.6 Å². The van der Waals surface area contributed by atoms with Crippen molar-refractivity contribution in [2.24, 2.45) is 5.16 Å². The molecule has 128 valence electrons. The van der Waals surface area contributed by atoms with Crippen LogP contribution in [0.1, 0.15) is 37.3 Å². The van der Waals surface area contributed by atoms with Crippen molar-refractivity contribution in [1.82, 2.24) is 0 Å². The highest BCUT2D eigenvalue weighted by Crippen LogP contribution is 2.30. The third-order valence-corrected chi connectivity index (χ3v) is 3.56. The Balaban J connectivity index is 2.63. The molecule has 1 aromatic carbocycles. The largest absolute Gasteiger partial charge is 0.493 e. The van der Waals surface area contributed by atoms with Gasteiger partial charge in [0.05, 0.1) is 6.61 Å². The summed E-state index contributed by atoms with van der Waals surface area (Å²) in [6.07, 6.45) is 6.54. The molecule has 0 aliphatic rings. The van der Waals surface area contributed by atoms with Crippen LogP contribution >= 0.6 is 23.2 Å². The molecule has 0 atom stereocenters. The average Bonchev–Trinajstić information content (AvgIpc) is 2.51. The van der Waals surface area contributed by atoms with Gasteiger partial charge in [-0.05, 0) is 61.9 Å². The number of unbranched alkanes of at least 4 members (excludes halogenated alkanes) is 2. The number of aryl methyl sites for hydroxylation is 2. The van der Waals surface area contributed by atoms with Crippen LogP contribution in [-0.2, 0) is 6.42 Å². The Morgan fingerprint density at radius 1 is 1.26 bits per heavy atom. The normalized spacial score (nSPS) is 10.8. The molecule has 6 heteroatoms. The van der Waals surface area contributed by atoms with E-state index in [0.717, 1.165) is 48.3 Å². The fourth-order valence-electron chi connectivity index (χ4n) is 2.13. The highest BCUT2D eigenvalue weighted by Gasteiger charge is 2.09. The first-order valence-electron chi connectivity index (χ1n) is 7.64. The number of rotatable bonds is 10. The monoisotopic (exact) mass is 359 g/mol. The van der Waals surface area contributed by atoms with Gasteiger partial charge in [-0.15, -0.1) is 5.16 Å². The standard InChI is InChI=1S/C17H23Cl2NO3/c1-3-14-12-15(22-10-7-16(18)19)11-13(2)17(14)23-9-6-4-5-8-20-21/h7-8,11-12,21H,3-6,9-10H2,1-2H3. The minimum absolute atomic E-state index is 0.198. The molecule has 0 aliphatic carbocycles. The van der Waals surface area contributed by atoms with Gasteiger partial charge in [0.15, 0.2) is 0 Å². The van der Waals surface area contributed by atoms with Gasteiger partial charge in [-0.2, -0.15) is 0 Å². The number of nitrogens with zero attached hydrogens (tertiary/aromatic N) is 1. The van der Waals surface area contributed by atoms with E-state index in [1.165, 1.54) is 6.21 Å². The predicted octanol–water partition coefficient (Wildman–Crippen LogP) is 5.26. The Morgan fingerprint density at radius 3 is 2.70 bits per heavy atom. The molecule has 0 heterocycles. The summed E-state index contributed by atoms with van der Waals surface area (Å²) >= 11 is 11.1. The van der Waals surface area contributed by atoms with E-state index in [1.54, 1.807) is 6.08 Å². The van der Waals surface area contributed by atoms with Gasteiger partial charge in [0.2, 0.25) is 0 Å². The van der Waals surface area contributed by atoms with E-state index >= 15 is 0 Å². The lowest BCUT2D eigenvalue weighted by atomic mass is 10.1. The summed E-state index contributed by atoms with van der Waals surface area (Å²) in [5.74, 6) is 1.69. The summed E-state index contributed by atoms with van der Waals surface area (Å²) in [5, 5.41) is 11.3. The van der Waals surface area contributed by atoms with Crippen LogP contribution < -0.4 is 9.47 Å². The van der Waals surface area contributed by atoms with E-state index in [2.05, 4.69) is 12.1 Å². The maximum atomic E-state index is 8.33. The Kier molecular flexibility index (Phi) is 9.57. The molecule has 23 heavy (non-hydrogen) atoms. The van der Waals surface area contributed by atoms with E-state index in [0.29, 0.717) is 13.2 Å². The molecule has 0 unspecified atom stereocenters. The lowest BCUT2D eigenvalue weighted by molar-refractivity contribution is 0.300. The molecular weight excluding hydrogens is 337 g/mol. The smallest absolute Gasteiger partial charge is 0.125 e. The first-order valence-corrected chi connectivity index (χ1v) is 8.40. The molecule has 0 saturated carbocycles. The van der Waals surface area contributed by atoms with Crippen molar-refractivity contribution in [3.05, 3.63) is 33.8 Å². The second-order valence-electron chi connectivity index (χ2n) is 5.03. The van der Waals surface area contributed by atoms with Gasteiger partial charge in [-0.25, -0.2) is 0 Å². The second kappa shape index (κ2) is 11.2. The summed E-state index contributed by atoms with van der Waals surface area (Å²) in [7, 11) is 0. The zero-order valence-electron chi connectivity index (χ0n) is 13.5. The first-order chi connectivity index (χ1) is 11.1. The van der Waals surface area contributed by atoms with Gasteiger partial charge in [0.1, 0.15) is 22.6 Å². The van der Waals surface area contributed by atoms with Gasteiger partial charge >= 0.3 is 0 Å². The van der Waals surface area contributed by atoms with Crippen molar-refractivity contribution in [2.45, 2.75) is 39.5 Å². The molecule has 4 nitrogen and oxygen atoms in total. The zero-order chi connectivity index (χ0) is 17.1. The Morgan fingerprint density at radius 2 is 2.04 bits per heavy atom. The van der Waals surface area contributed by atoms with Crippen LogP contribution in [0.15, 0.2) is 27.9 Å². The fraction of sp³-hybridized carbons (Fsp3) is 0.471. The van der Waals surface area contributed by atoms with E-state index < -0.39 is 0 Å². The minimum Gasteiger partial charge on any atom is -0.493 e. The molecule has 0 aromatic heterocycles. The van der Waals surface area contributed by atoms with Crippen LogP contribution in [0.4, 0.5) is 0 Å². The van der Waals surface area contributed by atoms with Crippen molar-refractivity contribution >= 4 is 29.4 Å². The fourth-order valence-corrected chi connectivity index (χ4v) is 2.26. The summed E-state index contributed by atoms with van der Waals surface area (Å²) < 4.78 is 11.7. The van der Waals surface area contributed by atoms with E-state index in [9.17, 15) is 0 Å². The van der Waals surface area contributed by atoms with Gasteiger partial charge in [0.25, 0.3) is 0 Å². The minimum atomic E-state index is 0.198. The zero-order valence-corrected chi connectivity index (χ0v) is 15.0. The molecule has 1 rings (SSSR count). The van der Waals surface area contributed by atoms with E-state index in [4.69, 9.17) is 37.9 Å². The van der Waals surface area contributed by atoms with Crippen molar-refractivity contribution in [1.29, 1.82) is 0 Å². The molecular formula is C17H23Cl2NO3. The van der Waals surface area contributed by atoms with Crippen LogP contribution in [0.2, 0.25) is 0 Å². The lowest BCUT2D eigenvalue weighted by Gasteiger charge is -2.15. The Hall–Kier alpha value is -1.39. The first kappa shape index (κ1) is 19.7. The third kappa shape index (κ3) is 7.62. The highest BCUT2D eigenvalue weighted by molar-refractivity contribution is 6.55. The molecule has 0 amide bonds. The average molecular weight is 360 g/mol. The molecule has 0 radical (unpaired) electrons. The van der Waals surface area contributed by atoms with Crippen molar-refractivity contribution in [2.75, 3.05) is 13.2 Å². The Bertz CT molecular complexity index is 541. The maximum absolute atomic E-state index is 8.33. The summed E-state index contributed by atoms with van der Waals surface area (Å²) in [6.45, 7) is 5.05. The third-order valence-electron chi connectivity index (χ3n) is 3.25. The van der Waals surface area contributed by atoms with E-state index in [1.807, 2.05) is 19.1 Å². The van der Waals surface area contributed by atoms with Gasteiger partial charge in [0, 0.05) is 6.21 Å². The Labute approximate surface area is 147 Å². The molecule has 0 saturated heterocycles. The van der Waals surface area contributed by atoms with Gasteiger partial charge < -0.3 is 14.7 Å².